The summed E-state index contributed by atoms with van der Waals surface area (Å²) >= 11 is 0. The van der Waals surface area contributed by atoms with Crippen LogP contribution in [0.5, 0.6) is 0 Å². The van der Waals surface area contributed by atoms with E-state index in [1.807, 2.05) is 0 Å². The first-order valence-electron chi connectivity index (χ1n) is 10.1. The predicted octanol–water partition coefficient (Wildman–Crippen LogP) is 0.484. The van der Waals surface area contributed by atoms with Crippen molar-refractivity contribution >= 4 is 35.8 Å². The van der Waals surface area contributed by atoms with Gasteiger partial charge >= 0.3 is 23.9 Å². The van der Waals surface area contributed by atoms with Crippen molar-refractivity contribution in [1.82, 2.24) is 9.80 Å². The van der Waals surface area contributed by atoms with Crippen molar-refractivity contribution < 1.29 is 44.1 Å². The number of urea groups is 1. The third-order valence-corrected chi connectivity index (χ3v) is 5.63. The summed E-state index contributed by atoms with van der Waals surface area (Å²) in [5, 5.41) is 28.2. The van der Waals surface area contributed by atoms with Crippen LogP contribution in [0.2, 0.25) is 0 Å². The molecule has 1 aliphatic heterocycles. The summed E-state index contributed by atoms with van der Waals surface area (Å²) in [5.41, 5.74) is 3.59. The van der Waals surface area contributed by atoms with Crippen LogP contribution in [0.25, 0.3) is 0 Å². The molecule has 5 N–H and O–H groups in total. The standard InChI is InChI=1S/C19H29N3O9/c1-3-19(4-2)16(29)21(11(14(25)26)7-5-6-10-20)18(31)22(17(19)30)12(15(27)28)8-9-13(23)24/h11-12H,3-10,20H2,1-2H3,(H,23,24)(H,25,26)(H,27,28)/t11?,12-/m0/s1. The first kappa shape index (κ1) is 26.0. The first-order chi connectivity index (χ1) is 14.5. The van der Waals surface area contributed by atoms with Crippen molar-refractivity contribution in [2.45, 2.75) is 70.9 Å². The minimum Gasteiger partial charge on any atom is -0.481 e. The molecule has 1 unspecified atom stereocenters. The highest BCUT2D eigenvalue weighted by atomic mass is 16.4. The Hall–Kier alpha value is -3.02. The van der Waals surface area contributed by atoms with Crippen LogP contribution >= 0.6 is 0 Å². The predicted molar refractivity (Wildman–Crippen MR) is 105 cm³/mol. The average Bonchev–Trinajstić information content (AvgIpc) is 2.69. The minimum atomic E-state index is -1.86. The zero-order valence-corrected chi connectivity index (χ0v) is 17.6. The van der Waals surface area contributed by atoms with Gasteiger partial charge < -0.3 is 21.1 Å². The highest BCUT2D eigenvalue weighted by molar-refractivity contribution is 6.21. The van der Waals surface area contributed by atoms with E-state index in [4.69, 9.17) is 10.8 Å². The molecule has 2 atom stereocenters. The Kier molecular flexibility index (Phi) is 9.10. The van der Waals surface area contributed by atoms with Crippen LogP contribution in [0.1, 0.15) is 58.8 Å². The van der Waals surface area contributed by atoms with Crippen LogP contribution in [0.4, 0.5) is 4.79 Å². The Bertz CT molecular complexity index is 748. The number of imide groups is 2. The molecule has 12 heteroatoms. The summed E-state index contributed by atoms with van der Waals surface area (Å²) < 4.78 is 0. The molecule has 0 spiro atoms. The molecule has 0 aliphatic carbocycles. The quantitative estimate of drug-likeness (QED) is 0.229. The fourth-order valence-electron chi connectivity index (χ4n) is 3.72. The normalized spacial score (nSPS) is 18.1. The lowest BCUT2D eigenvalue weighted by Gasteiger charge is -2.46. The van der Waals surface area contributed by atoms with Crippen molar-refractivity contribution in [2.75, 3.05) is 6.54 Å². The number of hydrogen-bond donors (Lipinski definition) is 4. The fraction of sp³-hybridized carbons (Fsp3) is 0.684. The molecule has 0 aromatic heterocycles. The van der Waals surface area contributed by atoms with Crippen LogP contribution in [0, 0.1) is 5.41 Å². The van der Waals surface area contributed by atoms with E-state index in [9.17, 15) is 39.0 Å². The second kappa shape index (κ2) is 10.8. The molecule has 0 bridgehead atoms. The summed E-state index contributed by atoms with van der Waals surface area (Å²) in [5.74, 6) is -6.50. The van der Waals surface area contributed by atoms with E-state index in [0.717, 1.165) is 0 Å². The minimum absolute atomic E-state index is 0.0954. The largest absolute Gasteiger partial charge is 0.481 e. The summed E-state index contributed by atoms with van der Waals surface area (Å²) in [6.07, 6.45) is -0.826. The van der Waals surface area contributed by atoms with Crippen LogP contribution < -0.4 is 5.73 Å². The highest BCUT2D eigenvalue weighted by Crippen LogP contribution is 2.39. The van der Waals surface area contributed by atoms with E-state index in [1.54, 1.807) is 0 Å². The smallest absolute Gasteiger partial charge is 0.335 e. The SMILES string of the molecule is CCC1(CC)C(=O)N(C(CCCCN)C(=O)O)C(=O)N([C@@H](CCC(=O)O)C(=O)O)C1=O. The van der Waals surface area contributed by atoms with Crippen molar-refractivity contribution in [1.29, 1.82) is 0 Å². The maximum atomic E-state index is 13.2. The van der Waals surface area contributed by atoms with Gasteiger partial charge in [-0.2, -0.15) is 0 Å². The molecule has 4 amide bonds. The van der Waals surface area contributed by atoms with Crippen LogP contribution in [0.3, 0.4) is 0 Å². The Morgan fingerprint density at radius 2 is 1.32 bits per heavy atom. The molecule has 1 rings (SSSR count). The number of amides is 4. The summed E-state index contributed by atoms with van der Waals surface area (Å²) in [7, 11) is 0. The molecule has 1 saturated heterocycles. The number of rotatable bonds is 13. The number of carbonyl (C=O) groups is 6. The van der Waals surface area contributed by atoms with Gasteiger partial charge in [0.2, 0.25) is 11.8 Å². The molecule has 0 radical (unpaired) electrons. The number of unbranched alkanes of at least 4 members (excludes halogenated alkanes) is 1. The van der Waals surface area contributed by atoms with Gasteiger partial charge in [-0.15, -0.1) is 0 Å². The summed E-state index contributed by atoms with van der Waals surface area (Å²) in [4.78, 5) is 75.0. The zero-order chi connectivity index (χ0) is 23.9. The number of nitrogens with zero attached hydrogens (tertiary/aromatic N) is 2. The van der Waals surface area contributed by atoms with Gasteiger partial charge in [0.05, 0.1) is 0 Å². The van der Waals surface area contributed by atoms with Gasteiger partial charge in [-0.05, 0) is 45.1 Å². The van der Waals surface area contributed by atoms with Crippen molar-refractivity contribution in [2.24, 2.45) is 11.1 Å². The van der Waals surface area contributed by atoms with Crippen LogP contribution in [-0.4, -0.2) is 79.5 Å². The van der Waals surface area contributed by atoms with E-state index in [-0.39, 0.29) is 32.2 Å². The monoisotopic (exact) mass is 443 g/mol. The number of hydrogen-bond acceptors (Lipinski definition) is 7. The zero-order valence-electron chi connectivity index (χ0n) is 17.6. The van der Waals surface area contributed by atoms with Crippen molar-refractivity contribution in [3.63, 3.8) is 0 Å². The van der Waals surface area contributed by atoms with Crippen LogP contribution in [0.15, 0.2) is 0 Å². The van der Waals surface area contributed by atoms with Gasteiger partial charge in [0.15, 0.2) is 0 Å². The number of carboxylic acids is 3. The number of carboxylic acid groups (broad SMARTS) is 3. The van der Waals surface area contributed by atoms with E-state index in [2.05, 4.69) is 0 Å². The van der Waals surface area contributed by atoms with Gasteiger partial charge in [-0.3, -0.25) is 14.4 Å². The molecule has 12 nitrogen and oxygen atoms in total. The molecule has 0 aromatic carbocycles. The lowest BCUT2D eigenvalue weighted by Crippen LogP contribution is -2.70. The van der Waals surface area contributed by atoms with Crippen molar-refractivity contribution in [3.05, 3.63) is 0 Å². The Morgan fingerprint density at radius 3 is 1.68 bits per heavy atom. The highest BCUT2D eigenvalue weighted by Gasteiger charge is 2.59. The molecule has 174 valence electrons. The third kappa shape index (κ3) is 5.19. The maximum Gasteiger partial charge on any atom is 0.335 e. The molecule has 31 heavy (non-hydrogen) atoms. The van der Waals surface area contributed by atoms with E-state index in [0.29, 0.717) is 16.2 Å². The Morgan fingerprint density at radius 1 is 0.871 bits per heavy atom. The molecular weight excluding hydrogens is 414 g/mol. The molecular formula is C19H29N3O9. The van der Waals surface area contributed by atoms with Gasteiger partial charge in [0, 0.05) is 6.42 Å². The molecule has 1 aliphatic rings. The van der Waals surface area contributed by atoms with E-state index in [1.165, 1.54) is 13.8 Å². The number of barbiturate groups is 1. The van der Waals surface area contributed by atoms with Gasteiger partial charge in [-0.25, -0.2) is 24.2 Å². The molecule has 0 saturated carbocycles. The third-order valence-electron chi connectivity index (χ3n) is 5.63. The second-order valence-corrected chi connectivity index (χ2v) is 7.35. The Labute approximate surface area is 179 Å². The van der Waals surface area contributed by atoms with E-state index < -0.39 is 66.1 Å². The molecule has 1 fully saturated rings. The lowest BCUT2D eigenvalue weighted by atomic mass is 9.77. The maximum absolute atomic E-state index is 13.2. The average molecular weight is 443 g/mol. The van der Waals surface area contributed by atoms with Gasteiger partial charge in [0.1, 0.15) is 17.5 Å². The van der Waals surface area contributed by atoms with Crippen LogP contribution in [-0.2, 0) is 24.0 Å². The number of carbonyl (C=O) groups excluding carboxylic acids is 3. The topological polar surface area (TPSA) is 196 Å². The number of aliphatic carboxylic acids is 3. The summed E-state index contributed by atoms with van der Waals surface area (Å²) in [6.45, 7) is 3.27. The number of nitrogens with two attached hydrogens (primary N) is 1. The first-order valence-corrected chi connectivity index (χ1v) is 10.1. The van der Waals surface area contributed by atoms with Crippen molar-refractivity contribution in [3.8, 4) is 0 Å². The molecule has 1 heterocycles. The summed E-state index contributed by atoms with van der Waals surface area (Å²) in [6, 6.07) is -4.85. The lowest BCUT2D eigenvalue weighted by molar-refractivity contribution is -0.170. The second-order valence-electron chi connectivity index (χ2n) is 7.35. The van der Waals surface area contributed by atoms with Gasteiger partial charge in [0.25, 0.3) is 0 Å². The van der Waals surface area contributed by atoms with E-state index >= 15 is 0 Å². The molecule has 0 aromatic rings. The fourth-order valence-corrected chi connectivity index (χ4v) is 3.72. The van der Waals surface area contributed by atoms with Gasteiger partial charge in [-0.1, -0.05) is 13.8 Å². The Balaban J connectivity index is 3.56.